The summed E-state index contributed by atoms with van der Waals surface area (Å²) in [6.07, 6.45) is 1.98. The Morgan fingerprint density at radius 1 is 1.13 bits per heavy atom. The molecule has 0 bridgehead atoms. The average Bonchev–Trinajstić information content (AvgIpc) is 3.27. The number of aromatic amines is 1. The number of ether oxygens (including phenoxy) is 1. The Balaban J connectivity index is 1.61. The van der Waals surface area contributed by atoms with E-state index in [9.17, 15) is 9.59 Å². The van der Waals surface area contributed by atoms with Gasteiger partial charge in [0.05, 0.1) is 6.54 Å². The number of pyridine rings is 1. The molecule has 1 aromatic heterocycles. The molecule has 1 amide bonds. The number of fused-ring (bicyclic) bond motifs is 1. The predicted molar refractivity (Wildman–Crippen MR) is 123 cm³/mol. The van der Waals surface area contributed by atoms with E-state index < -0.39 is 6.10 Å². The fourth-order valence-electron chi connectivity index (χ4n) is 4.22. The maximum absolute atomic E-state index is 13.2. The molecule has 1 fully saturated rings. The SMILES string of the molecule is Cc1cccc(CCN(Cc2cc3cc(C)c(C)cc3[nH]c2=O)C(=O)C2CCCO2)c1. The number of nitrogens with zero attached hydrogens (tertiary/aromatic N) is 1. The number of nitrogens with one attached hydrogen (secondary N) is 1. The van der Waals surface area contributed by atoms with E-state index in [1.165, 1.54) is 16.7 Å². The second-order valence-corrected chi connectivity index (χ2v) is 8.65. The van der Waals surface area contributed by atoms with Crippen LogP contribution in [0.5, 0.6) is 0 Å². The summed E-state index contributed by atoms with van der Waals surface area (Å²) in [4.78, 5) is 30.8. The lowest BCUT2D eigenvalue weighted by molar-refractivity contribution is -0.141. The van der Waals surface area contributed by atoms with Crippen molar-refractivity contribution in [2.75, 3.05) is 13.2 Å². The maximum atomic E-state index is 13.2. The second-order valence-electron chi connectivity index (χ2n) is 8.65. The third kappa shape index (κ3) is 4.88. The molecule has 2 heterocycles. The monoisotopic (exact) mass is 418 g/mol. The molecule has 1 aliphatic heterocycles. The van der Waals surface area contributed by atoms with E-state index in [-0.39, 0.29) is 18.0 Å². The fraction of sp³-hybridized carbons (Fsp3) is 0.385. The van der Waals surface area contributed by atoms with Crippen LogP contribution in [0, 0.1) is 20.8 Å². The molecule has 1 unspecified atom stereocenters. The number of hydrogen-bond acceptors (Lipinski definition) is 3. The van der Waals surface area contributed by atoms with E-state index in [0.717, 1.165) is 35.7 Å². The summed E-state index contributed by atoms with van der Waals surface area (Å²) in [5, 5.41) is 0.987. The Morgan fingerprint density at radius 3 is 2.68 bits per heavy atom. The zero-order chi connectivity index (χ0) is 22.0. The number of carbonyl (C=O) groups is 1. The van der Waals surface area contributed by atoms with Gasteiger partial charge in [-0.05, 0) is 80.3 Å². The van der Waals surface area contributed by atoms with Gasteiger partial charge in [0.2, 0.25) is 0 Å². The van der Waals surface area contributed by atoms with Crippen molar-refractivity contribution in [2.45, 2.75) is 52.7 Å². The van der Waals surface area contributed by atoms with Gasteiger partial charge in [0.25, 0.3) is 11.5 Å². The summed E-state index contributed by atoms with van der Waals surface area (Å²) in [5.41, 5.74) is 5.99. The molecule has 31 heavy (non-hydrogen) atoms. The van der Waals surface area contributed by atoms with Crippen LogP contribution in [0.25, 0.3) is 10.9 Å². The summed E-state index contributed by atoms with van der Waals surface area (Å²) in [7, 11) is 0. The molecular formula is C26H30N2O3. The van der Waals surface area contributed by atoms with Gasteiger partial charge in [-0.25, -0.2) is 0 Å². The standard InChI is InChI=1S/C26H30N2O3/c1-17-6-4-7-20(12-17)9-10-28(26(30)24-8-5-11-31-24)16-22-15-21-13-18(2)19(3)14-23(21)27-25(22)29/h4,6-7,12-15,24H,5,8-11,16H2,1-3H3,(H,27,29). The molecule has 0 spiro atoms. The van der Waals surface area contributed by atoms with E-state index in [4.69, 9.17) is 4.74 Å². The second kappa shape index (κ2) is 9.06. The van der Waals surface area contributed by atoms with Crippen LogP contribution < -0.4 is 5.56 Å². The first kappa shape index (κ1) is 21.3. The number of aryl methyl sites for hydroxylation is 3. The number of rotatable bonds is 6. The molecular weight excluding hydrogens is 388 g/mol. The van der Waals surface area contributed by atoms with Gasteiger partial charge in [-0.2, -0.15) is 0 Å². The number of carbonyl (C=O) groups excluding carboxylic acids is 1. The lowest BCUT2D eigenvalue weighted by Gasteiger charge is -2.25. The smallest absolute Gasteiger partial charge is 0.253 e. The maximum Gasteiger partial charge on any atom is 0.253 e. The minimum Gasteiger partial charge on any atom is -0.368 e. The number of benzene rings is 2. The number of aromatic nitrogens is 1. The summed E-state index contributed by atoms with van der Waals surface area (Å²) in [6, 6.07) is 14.3. The number of amides is 1. The van der Waals surface area contributed by atoms with Crippen molar-refractivity contribution in [3.63, 3.8) is 0 Å². The van der Waals surface area contributed by atoms with Crippen LogP contribution in [0.1, 0.15) is 40.7 Å². The van der Waals surface area contributed by atoms with Gasteiger partial charge in [-0.3, -0.25) is 9.59 Å². The highest BCUT2D eigenvalue weighted by Gasteiger charge is 2.28. The molecule has 162 valence electrons. The molecule has 5 heteroatoms. The minimum absolute atomic E-state index is 0.0234. The Labute approximate surface area is 183 Å². The minimum atomic E-state index is -0.401. The van der Waals surface area contributed by atoms with Crippen molar-refractivity contribution in [1.29, 1.82) is 0 Å². The van der Waals surface area contributed by atoms with E-state index in [2.05, 4.69) is 43.1 Å². The normalized spacial score (nSPS) is 16.0. The van der Waals surface area contributed by atoms with Crippen LogP contribution in [0.2, 0.25) is 0 Å². The molecule has 2 aromatic carbocycles. The van der Waals surface area contributed by atoms with E-state index in [1.54, 1.807) is 4.90 Å². The highest BCUT2D eigenvalue weighted by Crippen LogP contribution is 2.20. The van der Waals surface area contributed by atoms with E-state index in [0.29, 0.717) is 18.7 Å². The molecule has 1 saturated heterocycles. The Bertz CT molecular complexity index is 1160. The quantitative estimate of drug-likeness (QED) is 0.652. The van der Waals surface area contributed by atoms with Crippen LogP contribution in [0.4, 0.5) is 0 Å². The third-order valence-electron chi connectivity index (χ3n) is 6.17. The Kier molecular flexibility index (Phi) is 6.23. The molecule has 0 aliphatic carbocycles. The molecule has 1 aliphatic rings. The van der Waals surface area contributed by atoms with Crippen LogP contribution in [0.3, 0.4) is 0 Å². The molecule has 4 rings (SSSR count). The number of hydrogen-bond donors (Lipinski definition) is 1. The third-order valence-corrected chi connectivity index (χ3v) is 6.17. The molecule has 0 saturated carbocycles. The topological polar surface area (TPSA) is 62.4 Å². The van der Waals surface area contributed by atoms with Crippen LogP contribution in [-0.4, -0.2) is 35.0 Å². The van der Waals surface area contributed by atoms with Crippen molar-refractivity contribution >= 4 is 16.8 Å². The van der Waals surface area contributed by atoms with Gasteiger partial charge in [0.15, 0.2) is 0 Å². The van der Waals surface area contributed by atoms with E-state index in [1.807, 2.05) is 25.1 Å². The Morgan fingerprint density at radius 2 is 1.94 bits per heavy atom. The van der Waals surface area contributed by atoms with Crippen LogP contribution in [0.15, 0.2) is 47.3 Å². The molecule has 0 radical (unpaired) electrons. The van der Waals surface area contributed by atoms with Crippen molar-refractivity contribution in [3.8, 4) is 0 Å². The first-order chi connectivity index (χ1) is 14.9. The molecule has 3 aromatic rings. The first-order valence-corrected chi connectivity index (χ1v) is 11.0. The average molecular weight is 419 g/mol. The lowest BCUT2D eigenvalue weighted by atomic mass is 10.0. The summed E-state index contributed by atoms with van der Waals surface area (Å²) >= 11 is 0. The van der Waals surface area contributed by atoms with Gasteiger partial charge < -0.3 is 14.6 Å². The summed E-state index contributed by atoms with van der Waals surface area (Å²) in [5.74, 6) is -0.0234. The summed E-state index contributed by atoms with van der Waals surface area (Å²) in [6.45, 7) is 7.62. The van der Waals surface area contributed by atoms with Gasteiger partial charge in [-0.1, -0.05) is 29.8 Å². The van der Waals surface area contributed by atoms with Crippen molar-refractivity contribution in [1.82, 2.24) is 9.88 Å². The van der Waals surface area contributed by atoms with Gasteiger partial charge in [0.1, 0.15) is 6.10 Å². The summed E-state index contributed by atoms with van der Waals surface area (Å²) < 4.78 is 5.66. The van der Waals surface area contributed by atoms with Crippen LogP contribution in [-0.2, 0) is 22.5 Å². The predicted octanol–water partition coefficient (Wildman–Crippen LogP) is 4.20. The number of H-pyrrole nitrogens is 1. The van der Waals surface area contributed by atoms with Crippen molar-refractivity contribution in [3.05, 3.63) is 80.6 Å². The zero-order valence-corrected chi connectivity index (χ0v) is 18.5. The van der Waals surface area contributed by atoms with Gasteiger partial charge >= 0.3 is 0 Å². The van der Waals surface area contributed by atoms with Crippen molar-refractivity contribution in [2.24, 2.45) is 0 Å². The Hall–Kier alpha value is -2.92. The molecule has 1 atom stereocenters. The lowest BCUT2D eigenvalue weighted by Crippen LogP contribution is -2.40. The molecule has 1 N–H and O–H groups in total. The van der Waals surface area contributed by atoms with Crippen molar-refractivity contribution < 1.29 is 9.53 Å². The largest absolute Gasteiger partial charge is 0.368 e. The van der Waals surface area contributed by atoms with E-state index >= 15 is 0 Å². The zero-order valence-electron chi connectivity index (χ0n) is 18.5. The van der Waals surface area contributed by atoms with Crippen LogP contribution >= 0.6 is 0 Å². The highest BCUT2D eigenvalue weighted by molar-refractivity contribution is 5.82. The van der Waals surface area contributed by atoms with Gasteiger partial charge in [-0.15, -0.1) is 0 Å². The van der Waals surface area contributed by atoms with Gasteiger partial charge in [0, 0.05) is 24.2 Å². The molecule has 5 nitrogen and oxygen atoms in total. The highest BCUT2D eigenvalue weighted by atomic mass is 16.5. The fourth-order valence-corrected chi connectivity index (χ4v) is 4.22. The first-order valence-electron chi connectivity index (χ1n) is 11.0.